The van der Waals surface area contributed by atoms with Gasteiger partial charge in [0.15, 0.2) is 0 Å². The Bertz CT molecular complexity index is 446. The molecule has 1 heterocycles. The molecule has 0 aliphatic heterocycles. The number of aryl methyl sites for hydroxylation is 2. The molecule has 0 aromatic carbocycles. The zero-order valence-electron chi connectivity index (χ0n) is 10.9. The molecule has 0 saturated carbocycles. The van der Waals surface area contributed by atoms with Gasteiger partial charge >= 0.3 is 0 Å². The fraction of sp³-hybridized carbons (Fsp3) is 0.727. The molecule has 1 N–H and O–H groups in total. The molecule has 1 aromatic rings. The minimum Gasteiger partial charge on any atom is -0.281 e. The van der Waals surface area contributed by atoms with Gasteiger partial charge in [0.05, 0.1) is 11.4 Å². The second-order valence-corrected chi connectivity index (χ2v) is 6.28. The van der Waals surface area contributed by atoms with Crippen LogP contribution in [0.4, 0.5) is 0 Å². The Kier molecular flexibility index (Phi) is 4.70. The lowest BCUT2D eigenvalue weighted by atomic mass is 10.2. The van der Waals surface area contributed by atoms with E-state index < -0.39 is 10.0 Å². The van der Waals surface area contributed by atoms with E-state index in [4.69, 9.17) is 0 Å². The summed E-state index contributed by atoms with van der Waals surface area (Å²) in [6.07, 6.45) is 3.02. The van der Waals surface area contributed by atoms with Gasteiger partial charge in [0.1, 0.15) is 4.90 Å². The highest BCUT2D eigenvalue weighted by Gasteiger charge is 2.26. The van der Waals surface area contributed by atoms with Gasteiger partial charge in [0, 0.05) is 13.6 Å². The van der Waals surface area contributed by atoms with Crippen molar-refractivity contribution in [2.75, 3.05) is 13.6 Å². The monoisotopic (exact) mass is 259 g/mol. The Hall–Kier alpha value is -0.880. The number of hydrogen-bond donors (Lipinski definition) is 1. The maximum Gasteiger partial charge on any atom is 0.246 e. The summed E-state index contributed by atoms with van der Waals surface area (Å²) in [6.45, 7) is 6.09. The van der Waals surface area contributed by atoms with Crippen LogP contribution in [0, 0.1) is 13.8 Å². The highest BCUT2D eigenvalue weighted by atomic mass is 32.2. The normalized spacial score (nSPS) is 12.3. The number of nitrogens with one attached hydrogen (secondary N) is 1. The van der Waals surface area contributed by atoms with E-state index in [-0.39, 0.29) is 0 Å². The summed E-state index contributed by atoms with van der Waals surface area (Å²) in [5.74, 6) is 0. The van der Waals surface area contributed by atoms with Crippen LogP contribution in [0.15, 0.2) is 4.90 Å². The molecule has 98 valence electrons. The Morgan fingerprint density at radius 1 is 1.29 bits per heavy atom. The summed E-state index contributed by atoms with van der Waals surface area (Å²) in [5, 5.41) is 6.64. The van der Waals surface area contributed by atoms with Crippen molar-refractivity contribution in [2.24, 2.45) is 0 Å². The lowest BCUT2D eigenvalue weighted by Crippen LogP contribution is -2.28. The predicted molar refractivity (Wildman–Crippen MR) is 67.4 cm³/mol. The van der Waals surface area contributed by atoms with Crippen molar-refractivity contribution in [3.63, 3.8) is 0 Å². The molecular formula is C11H21N3O2S. The summed E-state index contributed by atoms with van der Waals surface area (Å²) in [4.78, 5) is 0.316. The van der Waals surface area contributed by atoms with E-state index in [0.717, 1.165) is 19.3 Å². The average molecular weight is 259 g/mol. The van der Waals surface area contributed by atoms with Gasteiger partial charge in [-0.05, 0) is 20.3 Å². The number of sulfonamides is 1. The summed E-state index contributed by atoms with van der Waals surface area (Å²) in [7, 11) is -1.78. The third-order valence-electron chi connectivity index (χ3n) is 2.81. The molecule has 0 bridgehead atoms. The first-order chi connectivity index (χ1) is 7.91. The molecule has 0 saturated heterocycles. The molecule has 0 aliphatic rings. The van der Waals surface area contributed by atoms with Crippen LogP contribution in [-0.4, -0.2) is 36.5 Å². The first-order valence-electron chi connectivity index (χ1n) is 5.89. The van der Waals surface area contributed by atoms with Gasteiger partial charge in [0.25, 0.3) is 0 Å². The number of hydrogen-bond acceptors (Lipinski definition) is 3. The molecule has 6 heteroatoms. The molecule has 1 aromatic heterocycles. The Morgan fingerprint density at radius 3 is 2.41 bits per heavy atom. The zero-order chi connectivity index (χ0) is 13.1. The van der Waals surface area contributed by atoms with Gasteiger partial charge < -0.3 is 0 Å². The van der Waals surface area contributed by atoms with Crippen molar-refractivity contribution in [3.05, 3.63) is 11.4 Å². The van der Waals surface area contributed by atoms with Gasteiger partial charge in [-0.2, -0.15) is 5.10 Å². The van der Waals surface area contributed by atoms with Gasteiger partial charge in [0.2, 0.25) is 10.0 Å². The fourth-order valence-corrected chi connectivity index (χ4v) is 3.31. The standard InChI is InChI=1S/C11H21N3O2S/c1-5-6-7-8-14(4)17(15,16)11-9(2)12-13-10(11)3/h5-8H2,1-4H3,(H,12,13). The summed E-state index contributed by atoms with van der Waals surface area (Å²) in [5.41, 5.74) is 1.13. The van der Waals surface area contributed by atoms with Crippen molar-refractivity contribution in [1.82, 2.24) is 14.5 Å². The number of rotatable bonds is 6. The van der Waals surface area contributed by atoms with E-state index in [2.05, 4.69) is 17.1 Å². The van der Waals surface area contributed by atoms with Crippen LogP contribution in [0.2, 0.25) is 0 Å². The summed E-state index contributed by atoms with van der Waals surface area (Å²) in [6, 6.07) is 0. The second kappa shape index (κ2) is 5.64. The molecule has 0 amide bonds. The van der Waals surface area contributed by atoms with Gasteiger partial charge in [-0.25, -0.2) is 12.7 Å². The molecule has 0 fully saturated rings. The van der Waals surface area contributed by atoms with Crippen molar-refractivity contribution in [1.29, 1.82) is 0 Å². The van der Waals surface area contributed by atoms with Crippen LogP contribution in [0.25, 0.3) is 0 Å². The molecule has 17 heavy (non-hydrogen) atoms. The molecule has 0 spiro atoms. The highest BCUT2D eigenvalue weighted by molar-refractivity contribution is 7.89. The quantitative estimate of drug-likeness (QED) is 0.793. The minimum atomic E-state index is -3.40. The SMILES string of the molecule is CCCCCN(C)S(=O)(=O)c1c(C)n[nH]c1C. The highest BCUT2D eigenvalue weighted by Crippen LogP contribution is 2.20. The first kappa shape index (κ1) is 14.2. The van der Waals surface area contributed by atoms with Gasteiger partial charge in [-0.1, -0.05) is 19.8 Å². The lowest BCUT2D eigenvalue weighted by molar-refractivity contribution is 0.453. The van der Waals surface area contributed by atoms with E-state index >= 15 is 0 Å². The second-order valence-electron chi connectivity index (χ2n) is 4.30. The van der Waals surface area contributed by atoms with Crippen LogP contribution < -0.4 is 0 Å². The van der Waals surface area contributed by atoms with E-state index in [9.17, 15) is 8.42 Å². The van der Waals surface area contributed by atoms with Crippen molar-refractivity contribution >= 4 is 10.0 Å². The molecule has 0 atom stereocenters. The summed E-state index contributed by atoms with van der Waals surface area (Å²) < 4.78 is 26.0. The van der Waals surface area contributed by atoms with Crippen LogP contribution in [0.5, 0.6) is 0 Å². The Labute approximate surface area is 103 Å². The number of H-pyrrole nitrogens is 1. The number of aromatic amines is 1. The average Bonchev–Trinajstić information content (AvgIpc) is 2.59. The van der Waals surface area contributed by atoms with E-state index in [1.165, 1.54) is 4.31 Å². The third kappa shape index (κ3) is 3.07. The van der Waals surface area contributed by atoms with Gasteiger partial charge in [-0.3, -0.25) is 5.10 Å². The molecular weight excluding hydrogens is 238 g/mol. The maximum absolute atomic E-state index is 12.3. The van der Waals surface area contributed by atoms with Crippen LogP contribution >= 0.6 is 0 Å². The molecule has 1 rings (SSSR count). The van der Waals surface area contributed by atoms with Crippen molar-refractivity contribution in [3.8, 4) is 0 Å². The maximum atomic E-state index is 12.3. The molecule has 0 unspecified atom stereocenters. The van der Waals surface area contributed by atoms with Crippen molar-refractivity contribution < 1.29 is 8.42 Å². The van der Waals surface area contributed by atoms with E-state index in [1.807, 2.05) is 0 Å². The Balaban J connectivity index is 2.88. The van der Waals surface area contributed by atoms with Crippen LogP contribution in [0.3, 0.4) is 0 Å². The third-order valence-corrected chi connectivity index (χ3v) is 4.93. The van der Waals surface area contributed by atoms with Crippen LogP contribution in [0.1, 0.15) is 37.6 Å². The fourth-order valence-electron chi connectivity index (χ4n) is 1.78. The molecule has 5 nitrogen and oxygen atoms in total. The first-order valence-corrected chi connectivity index (χ1v) is 7.33. The smallest absolute Gasteiger partial charge is 0.246 e. The van der Waals surface area contributed by atoms with E-state index in [1.54, 1.807) is 20.9 Å². The summed E-state index contributed by atoms with van der Waals surface area (Å²) >= 11 is 0. The van der Waals surface area contributed by atoms with E-state index in [0.29, 0.717) is 22.8 Å². The Morgan fingerprint density at radius 2 is 1.94 bits per heavy atom. The zero-order valence-corrected chi connectivity index (χ0v) is 11.8. The predicted octanol–water partition coefficient (Wildman–Crippen LogP) is 1.84. The molecule has 0 aliphatic carbocycles. The van der Waals surface area contributed by atoms with Crippen LogP contribution in [-0.2, 0) is 10.0 Å². The largest absolute Gasteiger partial charge is 0.281 e. The molecule has 0 radical (unpaired) electrons. The van der Waals surface area contributed by atoms with Gasteiger partial charge in [-0.15, -0.1) is 0 Å². The number of aromatic nitrogens is 2. The number of unbranched alkanes of at least 4 members (excludes halogenated alkanes) is 2. The van der Waals surface area contributed by atoms with Crippen molar-refractivity contribution in [2.45, 2.75) is 44.9 Å². The number of nitrogens with zero attached hydrogens (tertiary/aromatic N) is 2. The topological polar surface area (TPSA) is 66.1 Å². The minimum absolute atomic E-state index is 0.316. The lowest BCUT2D eigenvalue weighted by Gasteiger charge is -2.17.